The number of hydrogen-bond donors (Lipinski definition) is 1. The van der Waals surface area contributed by atoms with E-state index in [1.165, 1.54) is 64.2 Å². The first-order chi connectivity index (χ1) is 10.2. The summed E-state index contributed by atoms with van der Waals surface area (Å²) < 4.78 is 0. The Morgan fingerprint density at radius 3 is 1.81 bits per heavy atom. The van der Waals surface area contributed by atoms with E-state index in [1.807, 2.05) is 0 Å². The number of unbranched alkanes of at least 4 members (excludes halogenated alkanes) is 10. The molecule has 1 atom stereocenters. The molecule has 122 valence electrons. The van der Waals surface area contributed by atoms with E-state index in [4.69, 9.17) is 5.11 Å². The lowest BCUT2D eigenvalue weighted by molar-refractivity contribution is -0.137. The molecule has 1 unspecified atom stereocenters. The van der Waals surface area contributed by atoms with Gasteiger partial charge in [-0.25, -0.2) is 0 Å². The molecule has 2 heteroatoms. The number of carbonyl (C=O) groups is 1. The summed E-state index contributed by atoms with van der Waals surface area (Å²) in [5, 5.41) is 8.82. The average Bonchev–Trinajstić information content (AvgIpc) is 2.44. The molecule has 0 aromatic rings. The van der Waals surface area contributed by atoms with E-state index in [2.05, 4.69) is 18.8 Å². The summed E-state index contributed by atoms with van der Waals surface area (Å²) in [4.78, 5) is 10.7. The third-order valence-corrected chi connectivity index (χ3v) is 3.93. The molecule has 0 spiro atoms. The first-order valence-electron chi connectivity index (χ1n) is 8.84. The van der Waals surface area contributed by atoms with Gasteiger partial charge in [0, 0.05) is 5.92 Å². The van der Waals surface area contributed by atoms with Crippen molar-refractivity contribution >= 4 is 5.97 Å². The highest BCUT2D eigenvalue weighted by molar-refractivity contribution is 5.67. The van der Waals surface area contributed by atoms with Crippen molar-refractivity contribution in [2.45, 2.75) is 97.3 Å². The quantitative estimate of drug-likeness (QED) is 0.324. The van der Waals surface area contributed by atoms with Gasteiger partial charge in [0.25, 0.3) is 0 Å². The molecule has 0 bridgehead atoms. The van der Waals surface area contributed by atoms with Gasteiger partial charge >= 0.3 is 5.97 Å². The van der Waals surface area contributed by atoms with Crippen LogP contribution in [0.25, 0.3) is 0 Å². The molecule has 0 saturated heterocycles. The van der Waals surface area contributed by atoms with Crippen LogP contribution in [-0.4, -0.2) is 11.1 Å². The number of carboxylic acids is 1. The second-order valence-electron chi connectivity index (χ2n) is 6.01. The zero-order chi connectivity index (χ0) is 15.8. The molecule has 2 nitrogen and oxygen atoms in total. The molecule has 1 N–H and O–H groups in total. The third kappa shape index (κ3) is 15.2. The molecular weight excluding hydrogens is 260 g/mol. The van der Waals surface area contributed by atoms with Crippen LogP contribution in [0, 0.1) is 17.8 Å². The van der Waals surface area contributed by atoms with Crippen molar-refractivity contribution < 1.29 is 9.90 Å². The zero-order valence-corrected chi connectivity index (χ0v) is 14.1. The fraction of sp³-hybridized carbons (Fsp3) is 0.842. The highest BCUT2D eigenvalue weighted by Gasteiger charge is 2.09. The number of aliphatic carboxylic acids is 1. The van der Waals surface area contributed by atoms with E-state index in [9.17, 15) is 4.79 Å². The molecule has 0 fully saturated rings. The SMILES string of the molecule is CC#CC(CCCCCCCCCCCCC)CC(=O)O. The van der Waals surface area contributed by atoms with Gasteiger partial charge in [-0.3, -0.25) is 4.79 Å². The predicted molar refractivity (Wildman–Crippen MR) is 90.3 cm³/mol. The first-order valence-corrected chi connectivity index (χ1v) is 8.84. The van der Waals surface area contributed by atoms with Gasteiger partial charge in [0.1, 0.15) is 0 Å². The number of hydrogen-bond acceptors (Lipinski definition) is 1. The van der Waals surface area contributed by atoms with Gasteiger partial charge in [-0.2, -0.15) is 0 Å². The minimum Gasteiger partial charge on any atom is -0.481 e. The highest BCUT2D eigenvalue weighted by Crippen LogP contribution is 2.16. The van der Waals surface area contributed by atoms with Crippen LogP contribution in [0.15, 0.2) is 0 Å². The van der Waals surface area contributed by atoms with Crippen molar-refractivity contribution in [3.05, 3.63) is 0 Å². The average molecular weight is 294 g/mol. The number of rotatable bonds is 14. The maximum atomic E-state index is 10.7. The molecule has 0 rings (SSSR count). The number of carboxylic acid groups (broad SMARTS) is 1. The molecule has 0 heterocycles. The van der Waals surface area contributed by atoms with Crippen LogP contribution in [0.5, 0.6) is 0 Å². The summed E-state index contributed by atoms with van der Waals surface area (Å²) in [6.07, 6.45) is 15.7. The summed E-state index contributed by atoms with van der Waals surface area (Å²) in [6.45, 7) is 4.04. The lowest BCUT2D eigenvalue weighted by Gasteiger charge is -2.07. The second-order valence-corrected chi connectivity index (χ2v) is 6.01. The molecule has 0 saturated carbocycles. The van der Waals surface area contributed by atoms with Crippen LogP contribution in [-0.2, 0) is 4.79 Å². The van der Waals surface area contributed by atoms with E-state index in [-0.39, 0.29) is 12.3 Å². The first kappa shape index (κ1) is 20.0. The summed E-state index contributed by atoms with van der Waals surface area (Å²) in [6, 6.07) is 0. The molecule has 21 heavy (non-hydrogen) atoms. The van der Waals surface area contributed by atoms with E-state index in [0.29, 0.717) is 0 Å². The smallest absolute Gasteiger partial charge is 0.304 e. The fourth-order valence-corrected chi connectivity index (χ4v) is 2.70. The van der Waals surface area contributed by atoms with Crippen molar-refractivity contribution in [2.24, 2.45) is 5.92 Å². The van der Waals surface area contributed by atoms with E-state index < -0.39 is 5.97 Å². The maximum absolute atomic E-state index is 10.7. The summed E-state index contributed by atoms with van der Waals surface area (Å²) in [5.74, 6) is 5.18. The molecule has 0 aliphatic heterocycles. The van der Waals surface area contributed by atoms with Gasteiger partial charge in [-0.15, -0.1) is 5.92 Å². The van der Waals surface area contributed by atoms with Gasteiger partial charge in [0.15, 0.2) is 0 Å². The lowest BCUT2D eigenvalue weighted by Crippen LogP contribution is -2.05. The van der Waals surface area contributed by atoms with Crippen LogP contribution in [0.3, 0.4) is 0 Å². The van der Waals surface area contributed by atoms with Gasteiger partial charge in [-0.1, -0.05) is 83.5 Å². The van der Waals surface area contributed by atoms with Crippen LogP contribution in [0.4, 0.5) is 0 Å². The molecule has 0 amide bonds. The Morgan fingerprint density at radius 1 is 0.905 bits per heavy atom. The molecular formula is C19H34O2. The highest BCUT2D eigenvalue weighted by atomic mass is 16.4. The Hall–Kier alpha value is -0.970. The summed E-state index contributed by atoms with van der Waals surface area (Å²) in [7, 11) is 0. The molecule has 0 aliphatic rings. The van der Waals surface area contributed by atoms with E-state index in [1.54, 1.807) is 6.92 Å². The van der Waals surface area contributed by atoms with Crippen LogP contribution >= 0.6 is 0 Å². The van der Waals surface area contributed by atoms with Crippen molar-refractivity contribution in [3.63, 3.8) is 0 Å². The fourth-order valence-electron chi connectivity index (χ4n) is 2.70. The van der Waals surface area contributed by atoms with Gasteiger partial charge in [0.2, 0.25) is 0 Å². The second kappa shape index (κ2) is 15.4. The van der Waals surface area contributed by atoms with Crippen molar-refractivity contribution in [3.8, 4) is 11.8 Å². The van der Waals surface area contributed by atoms with Crippen LogP contribution in [0.2, 0.25) is 0 Å². The minimum absolute atomic E-state index is 0.0473. The Morgan fingerprint density at radius 2 is 1.38 bits per heavy atom. The standard InChI is InChI=1S/C19H34O2/c1-3-5-6-7-8-9-10-11-12-13-14-16-18(15-4-2)17-19(20)21/h18H,3,5-14,16-17H2,1-2H3,(H,20,21). The van der Waals surface area contributed by atoms with Crippen LogP contribution in [0.1, 0.15) is 97.3 Å². The Balaban J connectivity index is 3.37. The Labute approximate surface area is 131 Å². The molecule has 0 aliphatic carbocycles. The third-order valence-electron chi connectivity index (χ3n) is 3.93. The molecule has 0 radical (unpaired) electrons. The van der Waals surface area contributed by atoms with Crippen molar-refractivity contribution in [1.82, 2.24) is 0 Å². The zero-order valence-electron chi connectivity index (χ0n) is 14.1. The monoisotopic (exact) mass is 294 g/mol. The molecule has 0 aromatic carbocycles. The van der Waals surface area contributed by atoms with Gasteiger partial charge in [0.05, 0.1) is 6.42 Å². The predicted octanol–water partition coefficient (Wildman–Crippen LogP) is 5.80. The minimum atomic E-state index is -0.731. The molecule has 0 aromatic heterocycles. The van der Waals surface area contributed by atoms with Crippen LogP contribution < -0.4 is 0 Å². The summed E-state index contributed by atoms with van der Waals surface area (Å²) in [5.41, 5.74) is 0. The normalized spacial score (nSPS) is 11.7. The largest absolute Gasteiger partial charge is 0.481 e. The van der Waals surface area contributed by atoms with Crippen molar-refractivity contribution in [1.29, 1.82) is 0 Å². The lowest BCUT2D eigenvalue weighted by atomic mass is 9.97. The Kier molecular flexibility index (Phi) is 14.7. The van der Waals surface area contributed by atoms with E-state index in [0.717, 1.165) is 12.8 Å². The van der Waals surface area contributed by atoms with Gasteiger partial charge < -0.3 is 5.11 Å². The van der Waals surface area contributed by atoms with Gasteiger partial charge in [-0.05, 0) is 13.3 Å². The van der Waals surface area contributed by atoms with Crippen molar-refractivity contribution in [2.75, 3.05) is 0 Å². The topological polar surface area (TPSA) is 37.3 Å². The van der Waals surface area contributed by atoms with E-state index >= 15 is 0 Å². The maximum Gasteiger partial charge on any atom is 0.304 e. The summed E-state index contributed by atoms with van der Waals surface area (Å²) >= 11 is 0. The Bertz CT molecular complexity index is 298.